The van der Waals surface area contributed by atoms with E-state index in [1.807, 2.05) is 0 Å². The summed E-state index contributed by atoms with van der Waals surface area (Å²) in [6, 6.07) is 0. The van der Waals surface area contributed by atoms with Gasteiger partial charge in [-0.2, -0.15) is 0 Å². The van der Waals surface area contributed by atoms with Crippen molar-refractivity contribution in [1.82, 2.24) is 10.0 Å². The van der Waals surface area contributed by atoms with Crippen molar-refractivity contribution in [2.75, 3.05) is 25.9 Å². The Labute approximate surface area is 91.9 Å². The second-order valence-electron chi connectivity index (χ2n) is 4.76. The molecule has 1 aliphatic heterocycles. The molecule has 0 amide bonds. The minimum Gasteiger partial charge on any atom is -0.316 e. The van der Waals surface area contributed by atoms with E-state index in [0.29, 0.717) is 11.8 Å². The third-order valence-electron chi connectivity index (χ3n) is 3.89. The minimum absolute atomic E-state index is 0.289. The second-order valence-corrected chi connectivity index (χ2v) is 6.73. The highest BCUT2D eigenvalue weighted by atomic mass is 32.2. The average Bonchev–Trinajstić information content (AvgIpc) is 2.50. The first-order valence-electron chi connectivity index (χ1n) is 5.74. The maximum atomic E-state index is 11.5. The molecule has 1 saturated heterocycles. The van der Waals surface area contributed by atoms with E-state index in [2.05, 4.69) is 10.0 Å². The van der Waals surface area contributed by atoms with Crippen LogP contribution in [0.1, 0.15) is 19.3 Å². The van der Waals surface area contributed by atoms with Crippen LogP contribution in [0.5, 0.6) is 0 Å². The number of rotatable bonds is 4. The van der Waals surface area contributed by atoms with Crippen molar-refractivity contribution in [3.05, 3.63) is 0 Å². The van der Waals surface area contributed by atoms with E-state index in [-0.39, 0.29) is 5.75 Å². The molecule has 0 radical (unpaired) electrons. The van der Waals surface area contributed by atoms with Crippen LogP contribution in [0.2, 0.25) is 0 Å². The largest absolute Gasteiger partial charge is 0.316 e. The first kappa shape index (κ1) is 11.4. The maximum Gasteiger partial charge on any atom is 0.211 e. The molecule has 15 heavy (non-hydrogen) atoms. The van der Waals surface area contributed by atoms with E-state index < -0.39 is 10.0 Å². The lowest BCUT2D eigenvalue weighted by atomic mass is 9.72. The van der Waals surface area contributed by atoms with Crippen LogP contribution in [0.25, 0.3) is 0 Å². The Morgan fingerprint density at radius 3 is 2.60 bits per heavy atom. The molecule has 2 aliphatic rings. The number of sulfonamides is 1. The standard InChI is InChI=1S/C10H20N2O2S/c1-11-15(13,14)7-9-5-12-6-10(9)8-3-2-4-8/h8-12H,2-7H2,1H3. The number of hydrogen-bond acceptors (Lipinski definition) is 3. The van der Waals surface area contributed by atoms with Gasteiger partial charge in [-0.1, -0.05) is 19.3 Å². The average molecular weight is 232 g/mol. The molecule has 1 aliphatic carbocycles. The molecule has 0 aromatic carbocycles. The quantitative estimate of drug-likeness (QED) is 0.726. The van der Waals surface area contributed by atoms with Crippen molar-refractivity contribution in [3.8, 4) is 0 Å². The second kappa shape index (κ2) is 4.39. The molecule has 0 aromatic rings. The number of hydrogen-bond donors (Lipinski definition) is 2. The normalized spacial score (nSPS) is 32.9. The minimum atomic E-state index is -3.04. The first-order chi connectivity index (χ1) is 7.12. The van der Waals surface area contributed by atoms with Crippen molar-refractivity contribution in [3.63, 3.8) is 0 Å². The van der Waals surface area contributed by atoms with Gasteiger partial charge in [0.05, 0.1) is 5.75 Å². The van der Waals surface area contributed by atoms with Crippen molar-refractivity contribution >= 4 is 10.0 Å². The van der Waals surface area contributed by atoms with Gasteiger partial charge in [0, 0.05) is 0 Å². The van der Waals surface area contributed by atoms with Crippen LogP contribution in [0.4, 0.5) is 0 Å². The monoisotopic (exact) mass is 232 g/mol. The van der Waals surface area contributed by atoms with Gasteiger partial charge in [0.25, 0.3) is 0 Å². The topological polar surface area (TPSA) is 58.2 Å². The SMILES string of the molecule is CNS(=O)(=O)CC1CNCC1C1CCC1. The van der Waals surface area contributed by atoms with Gasteiger partial charge in [0.1, 0.15) is 0 Å². The Bertz CT molecular complexity index is 311. The first-order valence-corrected chi connectivity index (χ1v) is 7.39. The van der Waals surface area contributed by atoms with Crippen LogP contribution in [0, 0.1) is 17.8 Å². The van der Waals surface area contributed by atoms with Crippen molar-refractivity contribution < 1.29 is 8.42 Å². The van der Waals surface area contributed by atoms with Crippen molar-refractivity contribution in [2.24, 2.45) is 17.8 Å². The molecular formula is C10H20N2O2S. The molecule has 2 atom stereocenters. The summed E-state index contributed by atoms with van der Waals surface area (Å²) in [5.41, 5.74) is 0. The summed E-state index contributed by atoms with van der Waals surface area (Å²) >= 11 is 0. The van der Waals surface area contributed by atoms with Gasteiger partial charge in [-0.15, -0.1) is 0 Å². The third-order valence-corrected chi connectivity index (χ3v) is 5.38. The molecule has 1 heterocycles. The fourth-order valence-corrected chi connectivity index (χ4v) is 3.82. The molecule has 88 valence electrons. The van der Waals surface area contributed by atoms with Gasteiger partial charge in [0.2, 0.25) is 10.0 Å². The smallest absolute Gasteiger partial charge is 0.211 e. The lowest BCUT2D eigenvalue weighted by Gasteiger charge is -2.34. The van der Waals surface area contributed by atoms with Gasteiger partial charge in [-0.25, -0.2) is 13.1 Å². The molecule has 0 spiro atoms. The highest BCUT2D eigenvalue weighted by Crippen LogP contribution is 2.39. The van der Waals surface area contributed by atoms with Gasteiger partial charge in [-0.3, -0.25) is 0 Å². The molecule has 2 rings (SSSR count). The maximum absolute atomic E-state index is 11.5. The zero-order chi connectivity index (χ0) is 10.9. The Morgan fingerprint density at radius 1 is 1.33 bits per heavy atom. The highest BCUT2D eigenvalue weighted by Gasteiger charge is 2.38. The predicted octanol–water partition coefficient (Wildman–Crippen LogP) is 0.171. The van der Waals surface area contributed by atoms with Crippen molar-refractivity contribution in [2.45, 2.75) is 19.3 Å². The molecule has 2 N–H and O–H groups in total. The molecular weight excluding hydrogens is 212 g/mol. The van der Waals surface area contributed by atoms with E-state index in [1.165, 1.54) is 26.3 Å². The Kier molecular flexibility index (Phi) is 3.33. The van der Waals surface area contributed by atoms with Gasteiger partial charge in [0.15, 0.2) is 0 Å². The summed E-state index contributed by atoms with van der Waals surface area (Å²) < 4.78 is 25.4. The lowest BCUT2D eigenvalue weighted by Crippen LogP contribution is -2.34. The van der Waals surface area contributed by atoms with Crippen LogP contribution < -0.4 is 10.0 Å². The Morgan fingerprint density at radius 2 is 2.07 bits per heavy atom. The highest BCUT2D eigenvalue weighted by molar-refractivity contribution is 7.89. The predicted molar refractivity (Wildman–Crippen MR) is 60.0 cm³/mol. The summed E-state index contributed by atoms with van der Waals surface area (Å²) in [5, 5.41) is 3.33. The molecule has 0 aromatic heterocycles. The molecule has 4 nitrogen and oxygen atoms in total. The van der Waals surface area contributed by atoms with E-state index in [4.69, 9.17) is 0 Å². The molecule has 2 fully saturated rings. The van der Waals surface area contributed by atoms with E-state index in [9.17, 15) is 8.42 Å². The summed E-state index contributed by atoms with van der Waals surface area (Å²) in [6.07, 6.45) is 3.91. The molecule has 2 unspecified atom stereocenters. The summed E-state index contributed by atoms with van der Waals surface area (Å²) in [6.45, 7) is 1.87. The zero-order valence-electron chi connectivity index (χ0n) is 9.20. The summed E-state index contributed by atoms with van der Waals surface area (Å²) in [4.78, 5) is 0. The van der Waals surface area contributed by atoms with Gasteiger partial charge >= 0.3 is 0 Å². The van der Waals surface area contributed by atoms with Crippen LogP contribution >= 0.6 is 0 Å². The van der Waals surface area contributed by atoms with Gasteiger partial charge in [-0.05, 0) is 37.9 Å². The van der Waals surface area contributed by atoms with Crippen LogP contribution in [-0.4, -0.2) is 34.3 Å². The van der Waals surface area contributed by atoms with E-state index >= 15 is 0 Å². The molecule has 0 bridgehead atoms. The van der Waals surface area contributed by atoms with Crippen LogP contribution in [0.3, 0.4) is 0 Å². The Balaban J connectivity index is 1.95. The third kappa shape index (κ3) is 2.52. The fourth-order valence-electron chi connectivity index (χ4n) is 2.72. The van der Waals surface area contributed by atoms with E-state index in [1.54, 1.807) is 0 Å². The number of nitrogens with one attached hydrogen (secondary N) is 2. The van der Waals surface area contributed by atoms with Crippen LogP contribution in [0.15, 0.2) is 0 Å². The fraction of sp³-hybridized carbons (Fsp3) is 1.00. The van der Waals surface area contributed by atoms with Crippen LogP contribution in [-0.2, 0) is 10.0 Å². The molecule has 5 heteroatoms. The summed E-state index contributed by atoms with van der Waals surface area (Å²) in [7, 11) is -1.55. The van der Waals surface area contributed by atoms with E-state index in [0.717, 1.165) is 19.0 Å². The lowest BCUT2D eigenvalue weighted by molar-refractivity contribution is 0.187. The zero-order valence-corrected chi connectivity index (χ0v) is 10.0. The Hall–Kier alpha value is -0.130. The molecule has 1 saturated carbocycles. The van der Waals surface area contributed by atoms with Gasteiger partial charge < -0.3 is 5.32 Å². The summed E-state index contributed by atoms with van der Waals surface area (Å²) in [5.74, 6) is 1.96. The van der Waals surface area contributed by atoms with Crippen molar-refractivity contribution in [1.29, 1.82) is 0 Å².